The van der Waals surface area contributed by atoms with Crippen molar-refractivity contribution >= 4 is 11.8 Å². The Morgan fingerprint density at radius 2 is 1.55 bits per heavy atom. The first-order valence-corrected chi connectivity index (χ1v) is 6.46. The summed E-state index contributed by atoms with van der Waals surface area (Å²) in [6.45, 7) is 0. The van der Waals surface area contributed by atoms with Crippen LogP contribution in [0, 0.1) is 0 Å². The monoisotopic (exact) mass is 268 g/mol. The van der Waals surface area contributed by atoms with E-state index in [-0.39, 0.29) is 11.8 Å². The predicted molar refractivity (Wildman–Crippen MR) is 76.9 cm³/mol. The van der Waals surface area contributed by atoms with Crippen LogP contribution >= 0.6 is 0 Å². The summed E-state index contributed by atoms with van der Waals surface area (Å²) in [7, 11) is 1.36. The Balaban J connectivity index is 1.94. The third kappa shape index (κ3) is 3.54. The van der Waals surface area contributed by atoms with Gasteiger partial charge in [0, 0.05) is 12.0 Å². The summed E-state index contributed by atoms with van der Waals surface area (Å²) < 4.78 is 4.64. The molecule has 0 atom stereocenters. The van der Waals surface area contributed by atoms with Crippen molar-refractivity contribution < 1.29 is 14.3 Å². The molecule has 2 rings (SSSR count). The molecule has 3 nitrogen and oxygen atoms in total. The minimum absolute atomic E-state index is 0.127. The third-order valence-corrected chi connectivity index (χ3v) is 3.11. The molecule has 0 radical (unpaired) electrons. The molecule has 0 saturated heterocycles. The highest BCUT2D eigenvalue weighted by Crippen LogP contribution is 2.10. The van der Waals surface area contributed by atoms with Crippen molar-refractivity contribution in [2.24, 2.45) is 0 Å². The molecule has 2 aromatic carbocycles. The van der Waals surface area contributed by atoms with Crippen molar-refractivity contribution in [2.45, 2.75) is 12.8 Å². The maximum Gasteiger partial charge on any atom is 0.337 e. The van der Waals surface area contributed by atoms with E-state index in [0.717, 1.165) is 11.1 Å². The number of hydrogen-bond donors (Lipinski definition) is 0. The van der Waals surface area contributed by atoms with Gasteiger partial charge in [0.25, 0.3) is 0 Å². The number of ether oxygens (including phenoxy) is 1. The lowest BCUT2D eigenvalue weighted by Crippen LogP contribution is -2.03. The van der Waals surface area contributed by atoms with Crippen molar-refractivity contribution in [3.63, 3.8) is 0 Å². The Kier molecular flexibility index (Phi) is 4.66. The highest BCUT2D eigenvalue weighted by molar-refractivity contribution is 5.96. The number of Topliss-reactive ketones (excluding diaryl/α,β-unsaturated/α-hetero) is 1. The lowest BCUT2D eigenvalue weighted by atomic mass is 10.0. The van der Waals surface area contributed by atoms with Gasteiger partial charge >= 0.3 is 5.97 Å². The summed E-state index contributed by atoms with van der Waals surface area (Å²) in [5, 5.41) is 0. The van der Waals surface area contributed by atoms with Crippen LogP contribution in [0.3, 0.4) is 0 Å². The number of carbonyl (C=O) groups excluding carboxylic acids is 2. The first kappa shape index (κ1) is 14.0. The van der Waals surface area contributed by atoms with Crippen molar-refractivity contribution in [1.29, 1.82) is 0 Å². The molecular formula is C17H16O3. The highest BCUT2D eigenvalue weighted by atomic mass is 16.5. The molecule has 0 N–H and O–H groups in total. The Morgan fingerprint density at radius 3 is 2.15 bits per heavy atom. The summed E-state index contributed by atoms with van der Waals surface area (Å²) in [6, 6.07) is 16.4. The molecule has 0 amide bonds. The molecule has 0 aliphatic heterocycles. The Morgan fingerprint density at radius 1 is 0.900 bits per heavy atom. The zero-order chi connectivity index (χ0) is 14.4. The van der Waals surface area contributed by atoms with E-state index in [1.807, 2.05) is 42.5 Å². The minimum Gasteiger partial charge on any atom is -0.465 e. The molecule has 3 heteroatoms. The van der Waals surface area contributed by atoms with Gasteiger partial charge in [0.05, 0.1) is 12.7 Å². The molecule has 0 saturated carbocycles. The number of hydrogen-bond acceptors (Lipinski definition) is 3. The van der Waals surface area contributed by atoms with Crippen LogP contribution in [0.2, 0.25) is 0 Å². The van der Waals surface area contributed by atoms with E-state index in [1.54, 1.807) is 12.1 Å². The number of rotatable bonds is 5. The van der Waals surface area contributed by atoms with Crippen LogP contribution in [0.25, 0.3) is 0 Å². The molecule has 20 heavy (non-hydrogen) atoms. The van der Waals surface area contributed by atoms with E-state index in [9.17, 15) is 9.59 Å². The van der Waals surface area contributed by atoms with Gasteiger partial charge < -0.3 is 4.74 Å². The van der Waals surface area contributed by atoms with E-state index >= 15 is 0 Å². The second kappa shape index (κ2) is 6.66. The van der Waals surface area contributed by atoms with Gasteiger partial charge in [-0.25, -0.2) is 4.79 Å². The second-order valence-corrected chi connectivity index (χ2v) is 4.48. The van der Waals surface area contributed by atoms with Gasteiger partial charge in [-0.2, -0.15) is 0 Å². The number of methoxy groups -OCH3 is 1. The molecule has 0 bridgehead atoms. The summed E-state index contributed by atoms with van der Waals surface area (Å²) in [5.74, 6) is -0.223. The normalized spacial score (nSPS) is 10.1. The van der Waals surface area contributed by atoms with Crippen LogP contribution in [0.4, 0.5) is 0 Å². The fraction of sp³-hybridized carbons (Fsp3) is 0.176. The van der Waals surface area contributed by atoms with E-state index in [2.05, 4.69) is 4.74 Å². The maximum absolute atomic E-state index is 12.0. The first-order chi connectivity index (χ1) is 9.70. The molecule has 102 valence electrons. The molecule has 0 aromatic heterocycles. The molecule has 0 aliphatic rings. The number of carbonyl (C=O) groups is 2. The summed E-state index contributed by atoms with van der Waals surface area (Å²) in [4.78, 5) is 23.3. The zero-order valence-electron chi connectivity index (χ0n) is 11.3. The molecule has 0 spiro atoms. The SMILES string of the molecule is COC(=O)c1ccc(CCC(=O)c2ccccc2)cc1. The van der Waals surface area contributed by atoms with Gasteiger partial charge in [0.2, 0.25) is 0 Å². The molecule has 2 aromatic rings. The van der Waals surface area contributed by atoms with Gasteiger partial charge in [0.1, 0.15) is 0 Å². The second-order valence-electron chi connectivity index (χ2n) is 4.48. The van der Waals surface area contributed by atoms with Gasteiger partial charge in [-0.3, -0.25) is 4.79 Å². The molecule has 0 unspecified atom stereocenters. The zero-order valence-corrected chi connectivity index (χ0v) is 11.3. The smallest absolute Gasteiger partial charge is 0.337 e. The van der Waals surface area contributed by atoms with E-state index in [4.69, 9.17) is 0 Å². The summed E-state index contributed by atoms with van der Waals surface area (Å²) in [5.41, 5.74) is 2.28. The van der Waals surface area contributed by atoms with Crippen LogP contribution in [0.1, 0.15) is 32.7 Å². The van der Waals surface area contributed by atoms with Crippen molar-refractivity contribution in [3.8, 4) is 0 Å². The van der Waals surface area contributed by atoms with Crippen LogP contribution in [-0.2, 0) is 11.2 Å². The van der Waals surface area contributed by atoms with Crippen LogP contribution < -0.4 is 0 Å². The van der Waals surface area contributed by atoms with E-state index < -0.39 is 0 Å². The van der Waals surface area contributed by atoms with Crippen molar-refractivity contribution in [2.75, 3.05) is 7.11 Å². The van der Waals surface area contributed by atoms with Gasteiger partial charge in [-0.15, -0.1) is 0 Å². The third-order valence-electron chi connectivity index (χ3n) is 3.11. The van der Waals surface area contributed by atoms with E-state index in [0.29, 0.717) is 18.4 Å². The van der Waals surface area contributed by atoms with Gasteiger partial charge in [0.15, 0.2) is 5.78 Å². The van der Waals surface area contributed by atoms with Crippen molar-refractivity contribution in [3.05, 3.63) is 71.3 Å². The van der Waals surface area contributed by atoms with E-state index in [1.165, 1.54) is 7.11 Å². The fourth-order valence-corrected chi connectivity index (χ4v) is 1.95. The molecular weight excluding hydrogens is 252 g/mol. The highest BCUT2D eigenvalue weighted by Gasteiger charge is 2.07. The standard InChI is InChI=1S/C17H16O3/c1-20-17(19)15-10-7-13(8-11-15)9-12-16(18)14-5-3-2-4-6-14/h2-8,10-11H,9,12H2,1H3. The van der Waals surface area contributed by atoms with Crippen LogP contribution in [0.5, 0.6) is 0 Å². The predicted octanol–water partition coefficient (Wildman–Crippen LogP) is 3.29. The largest absolute Gasteiger partial charge is 0.465 e. The number of esters is 1. The lowest BCUT2D eigenvalue weighted by molar-refractivity contribution is 0.0600. The quantitative estimate of drug-likeness (QED) is 0.617. The Bertz CT molecular complexity index is 585. The average molecular weight is 268 g/mol. The van der Waals surface area contributed by atoms with Crippen LogP contribution in [-0.4, -0.2) is 18.9 Å². The Hall–Kier alpha value is -2.42. The number of benzene rings is 2. The topological polar surface area (TPSA) is 43.4 Å². The number of aryl methyl sites for hydroxylation is 1. The van der Waals surface area contributed by atoms with Crippen LogP contribution in [0.15, 0.2) is 54.6 Å². The van der Waals surface area contributed by atoms with Crippen molar-refractivity contribution in [1.82, 2.24) is 0 Å². The Labute approximate surface area is 118 Å². The number of ketones is 1. The molecule has 0 fully saturated rings. The average Bonchev–Trinajstić information content (AvgIpc) is 2.53. The summed E-state index contributed by atoms with van der Waals surface area (Å²) in [6.07, 6.45) is 1.12. The minimum atomic E-state index is -0.350. The summed E-state index contributed by atoms with van der Waals surface area (Å²) >= 11 is 0. The van der Waals surface area contributed by atoms with Gasteiger partial charge in [-0.1, -0.05) is 42.5 Å². The fourth-order valence-electron chi connectivity index (χ4n) is 1.95. The molecule has 0 heterocycles. The lowest BCUT2D eigenvalue weighted by Gasteiger charge is -2.03. The maximum atomic E-state index is 12.0. The first-order valence-electron chi connectivity index (χ1n) is 6.46. The van der Waals surface area contributed by atoms with Gasteiger partial charge in [-0.05, 0) is 24.1 Å². The molecule has 0 aliphatic carbocycles.